The Kier molecular flexibility index (Phi) is 9.00. The van der Waals surface area contributed by atoms with E-state index < -0.39 is 0 Å². The van der Waals surface area contributed by atoms with E-state index >= 15 is 0 Å². The van der Waals surface area contributed by atoms with Crippen LogP contribution in [0.15, 0.2) is 34.3 Å². The zero-order chi connectivity index (χ0) is 26.4. The smallest absolute Gasteiger partial charge is 0.293 e. The van der Waals surface area contributed by atoms with Gasteiger partial charge >= 0.3 is 0 Å². The fourth-order valence-corrected chi connectivity index (χ4v) is 4.02. The minimum absolute atomic E-state index is 0.147. The molecule has 10 nitrogen and oxygen atoms in total. The van der Waals surface area contributed by atoms with Crippen LogP contribution in [0.3, 0.4) is 0 Å². The number of likely N-dealkylation sites (N-methyl/N-ethyl adjacent to an activating group) is 4. The van der Waals surface area contributed by atoms with Crippen LogP contribution in [0, 0.1) is 10.1 Å². The molecule has 2 aromatic rings. The van der Waals surface area contributed by atoms with E-state index in [1.165, 1.54) is 5.56 Å². The zero-order valence-corrected chi connectivity index (χ0v) is 22.2. The molecule has 2 aliphatic rings. The first-order chi connectivity index (χ1) is 17.1. The molecular formula is C26H38N8O2. The molecule has 2 N–H and O–H groups in total. The number of hydrogen-bond acceptors (Lipinski definition) is 9. The molecule has 0 aromatic heterocycles. The van der Waals surface area contributed by atoms with Crippen LogP contribution in [0.5, 0.6) is 0 Å². The lowest BCUT2D eigenvalue weighted by Gasteiger charge is -2.23. The summed E-state index contributed by atoms with van der Waals surface area (Å²) in [6.45, 7) is 4.97. The molecule has 0 spiro atoms. The molecule has 36 heavy (non-hydrogen) atoms. The highest BCUT2D eigenvalue weighted by Crippen LogP contribution is 2.32. The Bertz CT molecular complexity index is 1140. The van der Waals surface area contributed by atoms with E-state index in [9.17, 15) is 10.1 Å². The summed E-state index contributed by atoms with van der Waals surface area (Å²) in [6.07, 6.45) is 3.60. The van der Waals surface area contributed by atoms with Gasteiger partial charge in [-0.2, -0.15) is 0 Å². The largest absolute Gasteiger partial charge is 0.397 e. The number of aliphatic imine (C=N–C) groups is 2. The molecule has 0 fully saturated rings. The van der Waals surface area contributed by atoms with Gasteiger partial charge < -0.3 is 25.3 Å². The highest BCUT2D eigenvalue weighted by molar-refractivity contribution is 5.89. The van der Waals surface area contributed by atoms with Gasteiger partial charge in [0.25, 0.3) is 5.69 Å². The average molecular weight is 495 g/mol. The van der Waals surface area contributed by atoms with Gasteiger partial charge in [-0.25, -0.2) is 0 Å². The first-order valence-corrected chi connectivity index (χ1v) is 12.0. The second-order valence-corrected chi connectivity index (χ2v) is 9.80. The van der Waals surface area contributed by atoms with E-state index in [0.717, 1.165) is 60.8 Å². The number of fused-ring (bicyclic) bond motifs is 2. The summed E-state index contributed by atoms with van der Waals surface area (Å²) in [5.41, 5.74) is 13.2. The summed E-state index contributed by atoms with van der Waals surface area (Å²) in [4.78, 5) is 27.6. The molecule has 0 amide bonds. The summed E-state index contributed by atoms with van der Waals surface area (Å²) >= 11 is 0. The Hall–Kier alpha value is -3.50. The first kappa shape index (κ1) is 27.1. The summed E-state index contributed by atoms with van der Waals surface area (Å²) in [6, 6.07) is 7.68. The SMILES string of the molecule is CN(C)CCN(C)c1cc2c(cc1N)C=NC2.CN(C)CCN(C)c1cc2c(cc1[N+](=O)[O-])C=NC2. The molecule has 0 unspecified atom stereocenters. The molecule has 0 aliphatic carbocycles. The minimum Gasteiger partial charge on any atom is -0.397 e. The van der Waals surface area contributed by atoms with Crippen LogP contribution in [0.4, 0.5) is 22.7 Å². The highest BCUT2D eigenvalue weighted by atomic mass is 16.6. The fraction of sp³-hybridized carbons (Fsp3) is 0.462. The van der Waals surface area contributed by atoms with Gasteiger partial charge in [-0.05, 0) is 63.1 Å². The van der Waals surface area contributed by atoms with Crippen LogP contribution in [0.1, 0.15) is 22.3 Å². The van der Waals surface area contributed by atoms with E-state index in [1.54, 1.807) is 12.3 Å². The Labute approximate surface area is 213 Å². The Morgan fingerprint density at radius 3 is 1.75 bits per heavy atom. The molecule has 2 aromatic carbocycles. The van der Waals surface area contributed by atoms with Gasteiger partial charge in [-0.3, -0.25) is 20.1 Å². The summed E-state index contributed by atoms with van der Waals surface area (Å²) < 4.78 is 0. The Balaban J connectivity index is 0.000000202. The second-order valence-electron chi connectivity index (χ2n) is 9.80. The van der Waals surface area contributed by atoms with Crippen LogP contribution in [0.25, 0.3) is 0 Å². The van der Waals surface area contributed by atoms with Gasteiger partial charge in [-0.15, -0.1) is 0 Å². The summed E-state index contributed by atoms with van der Waals surface area (Å²) in [5, 5.41) is 11.2. The van der Waals surface area contributed by atoms with Crippen molar-refractivity contribution in [1.82, 2.24) is 9.80 Å². The number of nitro benzene ring substituents is 1. The third kappa shape index (κ3) is 6.79. The minimum atomic E-state index is -0.325. The van der Waals surface area contributed by atoms with Crippen molar-refractivity contribution in [3.8, 4) is 0 Å². The standard InChI is InChI=1S/C13H18N4O2.C13H20N4/c1-15(2)4-5-16(3)12-6-10-8-14-9-11(10)7-13(12)17(18)19;1-16(2)4-5-17(3)13-7-11-9-15-8-10(11)6-12(13)14/h6-7,9H,4-5,8H2,1-3H3;6-8H,4-5,9,14H2,1-3H3. The maximum atomic E-state index is 11.2. The lowest BCUT2D eigenvalue weighted by atomic mass is 10.1. The molecule has 0 radical (unpaired) electrons. The number of anilines is 3. The third-order valence-electron chi connectivity index (χ3n) is 6.29. The van der Waals surface area contributed by atoms with E-state index in [2.05, 4.69) is 51.9 Å². The van der Waals surface area contributed by atoms with Crippen LogP contribution in [-0.4, -0.2) is 95.6 Å². The Morgan fingerprint density at radius 1 is 0.778 bits per heavy atom. The predicted molar refractivity (Wildman–Crippen MR) is 150 cm³/mol. The van der Waals surface area contributed by atoms with Gasteiger partial charge in [-0.1, -0.05) is 0 Å². The lowest BCUT2D eigenvalue weighted by Crippen LogP contribution is -2.29. The van der Waals surface area contributed by atoms with Crippen molar-refractivity contribution >= 4 is 35.2 Å². The summed E-state index contributed by atoms with van der Waals surface area (Å²) in [5.74, 6) is 0. The van der Waals surface area contributed by atoms with Crippen molar-refractivity contribution in [3.63, 3.8) is 0 Å². The van der Waals surface area contributed by atoms with Crippen molar-refractivity contribution < 1.29 is 4.92 Å². The molecule has 0 saturated carbocycles. The monoisotopic (exact) mass is 494 g/mol. The van der Waals surface area contributed by atoms with Gasteiger partial charge in [0, 0.05) is 64.3 Å². The quantitative estimate of drug-likeness (QED) is 0.324. The third-order valence-corrected chi connectivity index (χ3v) is 6.29. The molecule has 2 heterocycles. The normalized spacial score (nSPS) is 13.0. The van der Waals surface area contributed by atoms with Crippen molar-refractivity contribution in [1.29, 1.82) is 0 Å². The van der Waals surface area contributed by atoms with Gasteiger partial charge in [0.15, 0.2) is 0 Å². The molecular weight excluding hydrogens is 456 g/mol. The molecule has 0 bridgehead atoms. The van der Waals surface area contributed by atoms with E-state index in [4.69, 9.17) is 5.73 Å². The van der Waals surface area contributed by atoms with Gasteiger partial charge in [0.2, 0.25) is 0 Å². The zero-order valence-electron chi connectivity index (χ0n) is 22.2. The van der Waals surface area contributed by atoms with Crippen LogP contribution in [0.2, 0.25) is 0 Å². The number of nitrogens with two attached hydrogens (primary N) is 1. The molecule has 194 valence electrons. The van der Waals surface area contributed by atoms with E-state index in [1.807, 2.05) is 44.4 Å². The number of nitro groups is 1. The molecule has 0 atom stereocenters. The molecule has 0 saturated heterocycles. The second kappa shape index (κ2) is 12.0. The van der Waals surface area contributed by atoms with Crippen LogP contribution < -0.4 is 15.5 Å². The number of hydrogen-bond donors (Lipinski definition) is 1. The molecule has 10 heteroatoms. The van der Waals surface area contributed by atoms with Gasteiger partial charge in [0.1, 0.15) is 5.69 Å². The Morgan fingerprint density at radius 2 is 1.25 bits per heavy atom. The number of nitrogen functional groups attached to an aromatic ring is 1. The molecule has 2 aliphatic heterocycles. The predicted octanol–water partition coefficient (Wildman–Crippen LogP) is 2.72. The lowest BCUT2D eigenvalue weighted by molar-refractivity contribution is -0.384. The fourth-order valence-electron chi connectivity index (χ4n) is 4.02. The maximum absolute atomic E-state index is 11.2. The van der Waals surface area contributed by atoms with E-state index in [-0.39, 0.29) is 10.6 Å². The average Bonchev–Trinajstić information content (AvgIpc) is 3.48. The van der Waals surface area contributed by atoms with Crippen LogP contribution >= 0.6 is 0 Å². The summed E-state index contributed by atoms with van der Waals surface area (Å²) in [7, 11) is 12.1. The highest BCUT2D eigenvalue weighted by Gasteiger charge is 2.21. The number of benzene rings is 2. The van der Waals surface area contributed by atoms with Gasteiger partial charge in [0.05, 0.1) is 29.4 Å². The topological polar surface area (TPSA) is 107 Å². The van der Waals surface area contributed by atoms with E-state index in [0.29, 0.717) is 12.2 Å². The van der Waals surface area contributed by atoms with Crippen molar-refractivity contribution in [3.05, 3.63) is 56.6 Å². The number of rotatable bonds is 9. The first-order valence-electron chi connectivity index (χ1n) is 12.0. The number of nitrogens with zero attached hydrogens (tertiary/aromatic N) is 7. The maximum Gasteiger partial charge on any atom is 0.293 e. The van der Waals surface area contributed by atoms with Crippen LogP contribution in [-0.2, 0) is 13.1 Å². The van der Waals surface area contributed by atoms with Crippen molar-refractivity contribution in [2.45, 2.75) is 13.1 Å². The van der Waals surface area contributed by atoms with Crippen molar-refractivity contribution in [2.24, 2.45) is 9.98 Å². The molecule has 4 rings (SSSR count). The van der Waals surface area contributed by atoms with Crippen molar-refractivity contribution in [2.75, 3.05) is 84.0 Å².